The van der Waals surface area contributed by atoms with Crippen molar-refractivity contribution < 1.29 is 14.6 Å². The van der Waals surface area contributed by atoms with Crippen LogP contribution in [0.25, 0.3) is 21.3 Å². The van der Waals surface area contributed by atoms with Crippen LogP contribution in [0.2, 0.25) is 0 Å². The highest BCUT2D eigenvalue weighted by Crippen LogP contribution is 2.44. The smallest absolute Gasteiger partial charge is 0.251 e. The lowest BCUT2D eigenvalue weighted by molar-refractivity contribution is 0.0923. The van der Waals surface area contributed by atoms with Gasteiger partial charge in [0.2, 0.25) is 5.88 Å². The summed E-state index contributed by atoms with van der Waals surface area (Å²) in [7, 11) is 0. The number of thiophene rings is 1. The molecule has 0 radical (unpaired) electrons. The molecule has 6 nitrogen and oxygen atoms in total. The summed E-state index contributed by atoms with van der Waals surface area (Å²) in [6.07, 6.45) is 1.59. The van der Waals surface area contributed by atoms with Crippen LogP contribution < -0.4 is 10.1 Å². The molecule has 1 aliphatic carbocycles. The first-order valence-electron chi connectivity index (χ1n) is 10.7. The molecular weight excluding hydrogens is 422 g/mol. The van der Waals surface area contributed by atoms with Crippen LogP contribution in [0.4, 0.5) is 0 Å². The van der Waals surface area contributed by atoms with E-state index < -0.39 is 6.10 Å². The standard InChI is InChI=1S/C25H23N3O3S/c1-15(29)13-26-23(30)18-8-5-9-19(12-18)31-24-21-20(16-6-3-2-4-7-16)14-32-25(21)28-22(27-24)17-10-11-17/h2-9,12,14-15,17,29H,10-11,13H2,1H3,(H,26,30). The lowest BCUT2D eigenvalue weighted by atomic mass is 10.1. The molecule has 1 saturated carbocycles. The van der Waals surface area contributed by atoms with Gasteiger partial charge in [-0.2, -0.15) is 4.98 Å². The average molecular weight is 446 g/mol. The third kappa shape index (κ3) is 4.35. The first-order chi connectivity index (χ1) is 15.6. The zero-order valence-electron chi connectivity index (χ0n) is 17.6. The zero-order valence-corrected chi connectivity index (χ0v) is 18.4. The minimum absolute atomic E-state index is 0.191. The molecule has 2 N–H and O–H groups in total. The molecule has 0 saturated heterocycles. The molecule has 5 rings (SSSR count). The molecular formula is C25H23N3O3S. The number of nitrogens with zero attached hydrogens (tertiary/aromatic N) is 2. The molecule has 2 aromatic heterocycles. The van der Waals surface area contributed by atoms with Gasteiger partial charge in [0, 0.05) is 29.0 Å². The highest BCUT2D eigenvalue weighted by molar-refractivity contribution is 7.17. The van der Waals surface area contributed by atoms with Gasteiger partial charge in [-0.3, -0.25) is 4.79 Å². The number of nitrogens with one attached hydrogen (secondary N) is 1. The summed E-state index contributed by atoms with van der Waals surface area (Å²) >= 11 is 1.59. The second-order valence-electron chi connectivity index (χ2n) is 8.05. The number of amides is 1. The molecule has 32 heavy (non-hydrogen) atoms. The predicted molar refractivity (Wildman–Crippen MR) is 125 cm³/mol. The summed E-state index contributed by atoms with van der Waals surface area (Å²) in [4.78, 5) is 22.9. The number of carbonyl (C=O) groups excluding carboxylic acids is 1. The second kappa shape index (κ2) is 8.68. The first-order valence-corrected chi connectivity index (χ1v) is 11.5. The first kappa shape index (κ1) is 20.6. The number of aliphatic hydroxyl groups excluding tert-OH is 1. The number of rotatable bonds is 7. The Morgan fingerprint density at radius 1 is 1.19 bits per heavy atom. The fourth-order valence-electron chi connectivity index (χ4n) is 3.51. The van der Waals surface area contributed by atoms with E-state index >= 15 is 0 Å². The lowest BCUT2D eigenvalue weighted by Crippen LogP contribution is -2.30. The van der Waals surface area contributed by atoms with E-state index in [0.29, 0.717) is 23.1 Å². The van der Waals surface area contributed by atoms with Crippen LogP contribution in [0.1, 0.15) is 41.9 Å². The fraction of sp³-hybridized carbons (Fsp3) is 0.240. The molecule has 1 aliphatic rings. The quantitative estimate of drug-likeness (QED) is 0.412. The van der Waals surface area contributed by atoms with Gasteiger partial charge >= 0.3 is 0 Å². The van der Waals surface area contributed by atoms with Crippen molar-refractivity contribution >= 4 is 27.5 Å². The Labute approximate surface area is 189 Å². The summed E-state index contributed by atoms with van der Waals surface area (Å²) < 4.78 is 6.27. The molecule has 1 fully saturated rings. The van der Waals surface area contributed by atoms with Crippen LogP contribution in [0.15, 0.2) is 60.0 Å². The molecule has 1 atom stereocenters. The van der Waals surface area contributed by atoms with Crippen LogP contribution in [0.3, 0.4) is 0 Å². The van der Waals surface area contributed by atoms with Gasteiger partial charge in [0.15, 0.2) is 0 Å². The largest absolute Gasteiger partial charge is 0.438 e. The monoisotopic (exact) mass is 445 g/mol. The van der Waals surface area contributed by atoms with Gasteiger partial charge in [0.1, 0.15) is 16.4 Å². The summed E-state index contributed by atoms with van der Waals surface area (Å²) in [6.45, 7) is 1.82. The molecule has 4 aromatic rings. The summed E-state index contributed by atoms with van der Waals surface area (Å²) in [6, 6.07) is 17.1. The maximum Gasteiger partial charge on any atom is 0.251 e. The number of benzene rings is 2. The van der Waals surface area contributed by atoms with Crippen molar-refractivity contribution in [3.8, 4) is 22.8 Å². The minimum atomic E-state index is -0.608. The van der Waals surface area contributed by atoms with Crippen molar-refractivity contribution in [2.45, 2.75) is 31.8 Å². The van der Waals surface area contributed by atoms with Crippen LogP contribution in [-0.4, -0.2) is 33.6 Å². The van der Waals surface area contributed by atoms with Gasteiger partial charge in [0.25, 0.3) is 5.91 Å². The summed E-state index contributed by atoms with van der Waals surface area (Å²) in [5.41, 5.74) is 2.58. The Balaban J connectivity index is 1.53. The Morgan fingerprint density at radius 3 is 2.75 bits per heavy atom. The van der Waals surface area contributed by atoms with E-state index in [1.807, 2.05) is 24.3 Å². The topological polar surface area (TPSA) is 84.3 Å². The fourth-order valence-corrected chi connectivity index (χ4v) is 4.45. The molecule has 1 unspecified atom stereocenters. The van der Waals surface area contributed by atoms with Crippen LogP contribution in [0.5, 0.6) is 11.6 Å². The molecule has 1 amide bonds. The zero-order chi connectivity index (χ0) is 22.1. The number of carbonyl (C=O) groups is 1. The van der Waals surface area contributed by atoms with E-state index in [1.54, 1.807) is 36.5 Å². The van der Waals surface area contributed by atoms with Crippen LogP contribution in [0, 0.1) is 0 Å². The van der Waals surface area contributed by atoms with Crippen molar-refractivity contribution in [1.29, 1.82) is 0 Å². The maximum absolute atomic E-state index is 12.4. The lowest BCUT2D eigenvalue weighted by Gasteiger charge is -2.11. The van der Waals surface area contributed by atoms with Crippen molar-refractivity contribution in [2.75, 3.05) is 6.54 Å². The summed E-state index contributed by atoms with van der Waals surface area (Å²) in [5.74, 6) is 1.99. The van der Waals surface area contributed by atoms with Crippen molar-refractivity contribution in [3.63, 3.8) is 0 Å². The van der Waals surface area contributed by atoms with Gasteiger partial charge in [-0.1, -0.05) is 36.4 Å². The van der Waals surface area contributed by atoms with E-state index in [9.17, 15) is 9.90 Å². The summed E-state index contributed by atoms with van der Waals surface area (Å²) in [5, 5.41) is 15.1. The Morgan fingerprint density at radius 2 is 2.00 bits per heavy atom. The number of ether oxygens (including phenoxy) is 1. The van der Waals surface area contributed by atoms with Gasteiger partial charge < -0.3 is 15.2 Å². The molecule has 7 heteroatoms. The number of aliphatic hydroxyl groups is 1. The van der Waals surface area contributed by atoms with Crippen molar-refractivity contribution in [3.05, 3.63) is 71.4 Å². The Hall–Kier alpha value is -3.29. The Bertz CT molecular complexity index is 1270. The van der Waals surface area contributed by atoms with Crippen LogP contribution in [-0.2, 0) is 0 Å². The minimum Gasteiger partial charge on any atom is -0.438 e. The molecule has 2 aromatic carbocycles. The van der Waals surface area contributed by atoms with Gasteiger partial charge in [-0.05, 0) is 43.5 Å². The van der Waals surface area contributed by atoms with E-state index in [-0.39, 0.29) is 12.5 Å². The van der Waals surface area contributed by atoms with E-state index in [0.717, 1.165) is 40.0 Å². The molecule has 162 valence electrons. The number of hydrogen-bond acceptors (Lipinski definition) is 6. The van der Waals surface area contributed by atoms with Gasteiger partial charge in [0.05, 0.1) is 11.5 Å². The number of aromatic nitrogens is 2. The van der Waals surface area contributed by atoms with Gasteiger partial charge in [-0.25, -0.2) is 4.98 Å². The third-order valence-corrected chi connectivity index (χ3v) is 6.19. The average Bonchev–Trinajstić information content (AvgIpc) is 3.57. The van der Waals surface area contributed by atoms with E-state index in [2.05, 4.69) is 22.8 Å². The van der Waals surface area contributed by atoms with Crippen molar-refractivity contribution in [1.82, 2.24) is 15.3 Å². The van der Waals surface area contributed by atoms with E-state index in [4.69, 9.17) is 14.7 Å². The normalized spacial score (nSPS) is 14.3. The maximum atomic E-state index is 12.4. The molecule has 0 aliphatic heterocycles. The molecule has 2 heterocycles. The number of fused-ring (bicyclic) bond motifs is 1. The molecule has 0 spiro atoms. The highest BCUT2D eigenvalue weighted by Gasteiger charge is 2.29. The van der Waals surface area contributed by atoms with Gasteiger partial charge in [-0.15, -0.1) is 11.3 Å². The Kier molecular flexibility index (Phi) is 5.59. The second-order valence-corrected chi connectivity index (χ2v) is 8.90. The predicted octanol–water partition coefficient (Wildman–Crippen LogP) is 5.14. The molecule has 0 bridgehead atoms. The van der Waals surface area contributed by atoms with E-state index in [1.165, 1.54) is 0 Å². The van der Waals surface area contributed by atoms with Crippen LogP contribution >= 0.6 is 11.3 Å². The highest BCUT2D eigenvalue weighted by atomic mass is 32.1. The van der Waals surface area contributed by atoms with Crippen molar-refractivity contribution in [2.24, 2.45) is 0 Å². The number of hydrogen-bond donors (Lipinski definition) is 2. The SMILES string of the molecule is CC(O)CNC(=O)c1cccc(Oc2nc(C3CC3)nc3scc(-c4ccccc4)c23)c1. The third-order valence-electron chi connectivity index (χ3n) is 5.31.